The van der Waals surface area contributed by atoms with Crippen molar-refractivity contribution in [2.45, 2.75) is 13.5 Å². The van der Waals surface area contributed by atoms with E-state index in [2.05, 4.69) is 10.1 Å². The van der Waals surface area contributed by atoms with Crippen LogP contribution in [0.15, 0.2) is 18.2 Å². The molecule has 20 heavy (non-hydrogen) atoms. The largest absolute Gasteiger partial charge is 0.493 e. The molecule has 5 nitrogen and oxygen atoms in total. The van der Waals surface area contributed by atoms with Crippen LogP contribution in [-0.4, -0.2) is 32.7 Å². The van der Waals surface area contributed by atoms with Crippen molar-refractivity contribution in [1.29, 1.82) is 0 Å². The van der Waals surface area contributed by atoms with Gasteiger partial charge in [-0.25, -0.2) is 0 Å². The number of carbonyl (C=O) groups excluding carboxylic acids is 1. The molecule has 1 aromatic rings. The molecular weight excluding hydrogens is 270 g/mol. The van der Waals surface area contributed by atoms with Gasteiger partial charge in [0, 0.05) is 12.1 Å². The van der Waals surface area contributed by atoms with E-state index >= 15 is 0 Å². The van der Waals surface area contributed by atoms with Gasteiger partial charge in [-0.05, 0) is 30.7 Å². The zero-order valence-electron chi connectivity index (χ0n) is 11.4. The van der Waals surface area contributed by atoms with E-state index < -0.39 is 6.61 Å². The molecule has 0 radical (unpaired) electrons. The minimum Gasteiger partial charge on any atom is -0.493 e. The van der Waals surface area contributed by atoms with Crippen LogP contribution in [-0.2, 0) is 0 Å². The van der Waals surface area contributed by atoms with Gasteiger partial charge in [0.2, 0.25) is 0 Å². The van der Waals surface area contributed by atoms with Crippen molar-refractivity contribution in [1.82, 2.24) is 5.32 Å². The Morgan fingerprint density at radius 3 is 2.65 bits per heavy atom. The molecule has 0 aliphatic rings. The predicted molar refractivity (Wildman–Crippen MR) is 70.2 cm³/mol. The van der Waals surface area contributed by atoms with Gasteiger partial charge in [0.05, 0.1) is 7.11 Å². The van der Waals surface area contributed by atoms with Gasteiger partial charge in [0.15, 0.2) is 11.5 Å². The normalized spacial score (nSPS) is 12.1. The molecule has 1 rings (SSSR count). The molecule has 112 valence electrons. The molecule has 0 aliphatic carbocycles. The van der Waals surface area contributed by atoms with Crippen LogP contribution < -0.4 is 20.5 Å². The summed E-state index contributed by atoms with van der Waals surface area (Å²) in [6, 6.07) is 4.01. The fraction of sp³-hybridized carbons (Fsp3) is 0.462. The quantitative estimate of drug-likeness (QED) is 0.799. The Bertz CT molecular complexity index is 455. The summed E-state index contributed by atoms with van der Waals surface area (Å²) in [7, 11) is 1.31. The minimum absolute atomic E-state index is 0.0739. The maximum absolute atomic E-state index is 12.2. The Kier molecular flexibility index (Phi) is 6.17. The molecule has 1 amide bonds. The van der Waals surface area contributed by atoms with Crippen LogP contribution in [0.3, 0.4) is 0 Å². The van der Waals surface area contributed by atoms with E-state index in [4.69, 9.17) is 10.5 Å². The van der Waals surface area contributed by atoms with E-state index in [1.54, 1.807) is 0 Å². The summed E-state index contributed by atoms with van der Waals surface area (Å²) in [5, 5.41) is 2.70. The number of nitrogens with one attached hydrogen (secondary N) is 1. The van der Waals surface area contributed by atoms with Gasteiger partial charge < -0.3 is 20.5 Å². The average molecular weight is 288 g/mol. The monoisotopic (exact) mass is 288 g/mol. The molecule has 3 N–H and O–H groups in total. The van der Waals surface area contributed by atoms with Gasteiger partial charge in [-0.3, -0.25) is 4.79 Å². The molecule has 1 atom stereocenters. The van der Waals surface area contributed by atoms with Gasteiger partial charge in [0.25, 0.3) is 5.91 Å². The standard InChI is InChI=1S/C13H18F2N2O3/c1-8(6-16)7-17-12(18)9-3-4-10(20-13(14)15)11(5-9)19-2/h3-5,8,13H,6-7,16H2,1-2H3,(H,17,18). The molecule has 0 aliphatic heterocycles. The van der Waals surface area contributed by atoms with Crippen LogP contribution in [0.2, 0.25) is 0 Å². The van der Waals surface area contributed by atoms with Crippen molar-refractivity contribution in [3.8, 4) is 11.5 Å². The van der Waals surface area contributed by atoms with Crippen LogP contribution in [0.4, 0.5) is 8.78 Å². The number of hydrogen-bond donors (Lipinski definition) is 2. The van der Waals surface area contributed by atoms with Crippen molar-refractivity contribution in [2.24, 2.45) is 11.7 Å². The van der Waals surface area contributed by atoms with E-state index in [0.717, 1.165) is 0 Å². The van der Waals surface area contributed by atoms with Crippen LogP contribution in [0.5, 0.6) is 11.5 Å². The topological polar surface area (TPSA) is 73.6 Å². The fourth-order valence-corrected chi connectivity index (χ4v) is 1.45. The number of rotatable bonds is 7. The predicted octanol–water partition coefficient (Wildman–Crippen LogP) is 1.62. The lowest BCUT2D eigenvalue weighted by molar-refractivity contribution is -0.0512. The summed E-state index contributed by atoms with van der Waals surface area (Å²) < 4.78 is 33.6. The Balaban J connectivity index is 2.78. The van der Waals surface area contributed by atoms with E-state index in [0.29, 0.717) is 18.7 Å². The van der Waals surface area contributed by atoms with Gasteiger partial charge in [-0.2, -0.15) is 8.78 Å². The van der Waals surface area contributed by atoms with Gasteiger partial charge in [-0.15, -0.1) is 0 Å². The number of ether oxygens (including phenoxy) is 2. The second-order valence-electron chi connectivity index (χ2n) is 4.30. The average Bonchev–Trinajstić information content (AvgIpc) is 2.44. The first-order valence-corrected chi connectivity index (χ1v) is 6.09. The molecule has 0 saturated carbocycles. The number of hydrogen-bond acceptors (Lipinski definition) is 4. The highest BCUT2D eigenvalue weighted by atomic mass is 19.3. The number of benzene rings is 1. The Morgan fingerprint density at radius 1 is 1.40 bits per heavy atom. The molecule has 0 saturated heterocycles. The number of nitrogens with two attached hydrogens (primary N) is 1. The molecule has 1 aromatic carbocycles. The SMILES string of the molecule is COc1cc(C(=O)NCC(C)CN)ccc1OC(F)F. The van der Waals surface area contributed by atoms with E-state index in [9.17, 15) is 13.6 Å². The lowest BCUT2D eigenvalue weighted by Gasteiger charge is -2.13. The third kappa shape index (κ3) is 4.65. The van der Waals surface area contributed by atoms with Crippen LogP contribution >= 0.6 is 0 Å². The highest BCUT2D eigenvalue weighted by molar-refractivity contribution is 5.94. The van der Waals surface area contributed by atoms with E-state index in [-0.39, 0.29) is 23.3 Å². The van der Waals surface area contributed by atoms with Crippen molar-refractivity contribution < 1.29 is 23.0 Å². The van der Waals surface area contributed by atoms with Crippen LogP contribution in [0, 0.1) is 5.92 Å². The molecule has 7 heteroatoms. The lowest BCUT2D eigenvalue weighted by atomic mass is 10.1. The Hall–Kier alpha value is -1.89. The summed E-state index contributed by atoms with van der Waals surface area (Å²) >= 11 is 0. The second-order valence-corrected chi connectivity index (χ2v) is 4.30. The fourth-order valence-electron chi connectivity index (χ4n) is 1.45. The Labute approximate surface area is 116 Å². The number of amides is 1. The van der Waals surface area contributed by atoms with E-state index in [1.807, 2.05) is 6.92 Å². The summed E-state index contributed by atoms with van der Waals surface area (Å²) in [6.07, 6.45) is 0. The molecule has 0 spiro atoms. The molecule has 0 fully saturated rings. The summed E-state index contributed by atoms with van der Waals surface area (Å²) in [6.45, 7) is -0.146. The molecule has 1 unspecified atom stereocenters. The van der Waals surface area contributed by atoms with E-state index in [1.165, 1.54) is 25.3 Å². The summed E-state index contributed by atoms with van der Waals surface area (Å²) in [5.41, 5.74) is 5.75. The minimum atomic E-state index is -2.95. The zero-order valence-corrected chi connectivity index (χ0v) is 11.4. The van der Waals surface area contributed by atoms with Crippen molar-refractivity contribution >= 4 is 5.91 Å². The van der Waals surface area contributed by atoms with Crippen molar-refractivity contribution in [3.63, 3.8) is 0 Å². The number of alkyl halides is 2. The first-order chi connectivity index (χ1) is 9.47. The van der Waals surface area contributed by atoms with Gasteiger partial charge >= 0.3 is 6.61 Å². The maximum Gasteiger partial charge on any atom is 0.387 e. The highest BCUT2D eigenvalue weighted by Gasteiger charge is 2.14. The summed E-state index contributed by atoms with van der Waals surface area (Å²) in [5.74, 6) is -0.214. The van der Waals surface area contributed by atoms with Crippen LogP contribution in [0.25, 0.3) is 0 Å². The Morgan fingerprint density at radius 2 is 2.10 bits per heavy atom. The number of carbonyl (C=O) groups is 1. The third-order valence-electron chi connectivity index (χ3n) is 2.66. The lowest BCUT2D eigenvalue weighted by Crippen LogP contribution is -2.31. The zero-order chi connectivity index (χ0) is 15.1. The van der Waals surface area contributed by atoms with Crippen LogP contribution in [0.1, 0.15) is 17.3 Å². The first-order valence-electron chi connectivity index (χ1n) is 6.09. The maximum atomic E-state index is 12.2. The first kappa shape index (κ1) is 16.2. The molecular formula is C13H18F2N2O3. The number of halogens is 2. The second kappa shape index (κ2) is 7.64. The molecule has 0 aromatic heterocycles. The van der Waals surface area contributed by atoms with Crippen molar-refractivity contribution in [3.05, 3.63) is 23.8 Å². The summed E-state index contributed by atoms with van der Waals surface area (Å²) in [4.78, 5) is 11.9. The van der Waals surface area contributed by atoms with Crippen molar-refractivity contribution in [2.75, 3.05) is 20.2 Å². The van der Waals surface area contributed by atoms with Gasteiger partial charge in [-0.1, -0.05) is 6.92 Å². The highest BCUT2D eigenvalue weighted by Crippen LogP contribution is 2.29. The van der Waals surface area contributed by atoms with Gasteiger partial charge in [0.1, 0.15) is 0 Å². The number of methoxy groups -OCH3 is 1. The molecule has 0 bridgehead atoms. The molecule has 0 heterocycles. The third-order valence-corrected chi connectivity index (χ3v) is 2.66. The smallest absolute Gasteiger partial charge is 0.387 e.